The molecule has 0 heterocycles. The molecule has 0 amide bonds. The summed E-state index contributed by atoms with van der Waals surface area (Å²) in [5.74, 6) is -2.50. The molecule has 364 valence electrons. The second-order valence-corrected chi connectivity index (χ2v) is 17.3. The fourth-order valence-corrected chi connectivity index (χ4v) is 6.84. The zero-order valence-electron chi connectivity index (χ0n) is 39.6. The van der Waals surface area contributed by atoms with Crippen molar-refractivity contribution in [1.82, 2.24) is 0 Å². The van der Waals surface area contributed by atoms with Crippen LogP contribution in [0.25, 0.3) is 0 Å². The van der Waals surface area contributed by atoms with Crippen LogP contribution in [0.15, 0.2) is 97.2 Å². The summed E-state index contributed by atoms with van der Waals surface area (Å²) >= 11 is 0. The highest BCUT2D eigenvalue weighted by Crippen LogP contribution is 2.43. The molecule has 0 aliphatic carbocycles. The highest BCUT2D eigenvalue weighted by molar-refractivity contribution is 7.47. The third-order valence-corrected chi connectivity index (χ3v) is 10.8. The molecule has 0 spiro atoms. The van der Waals surface area contributed by atoms with E-state index >= 15 is 0 Å². The Bertz CT molecular complexity index is 1450. The first kappa shape index (κ1) is 60.4. The van der Waals surface area contributed by atoms with E-state index in [9.17, 15) is 23.8 Å². The lowest BCUT2D eigenvalue weighted by Gasteiger charge is -2.20. The molecule has 0 radical (unpaired) electrons. The number of hydrogen-bond acceptors (Lipinski definition) is 9. The van der Waals surface area contributed by atoms with E-state index in [1.165, 1.54) is 70.6 Å². The van der Waals surface area contributed by atoms with Crippen LogP contribution in [0.3, 0.4) is 0 Å². The summed E-state index contributed by atoms with van der Waals surface area (Å²) in [4.78, 5) is 46.1. The van der Waals surface area contributed by atoms with E-state index in [1.807, 2.05) is 18.2 Å². The van der Waals surface area contributed by atoms with Crippen LogP contribution in [0.5, 0.6) is 0 Å². The van der Waals surface area contributed by atoms with Crippen LogP contribution in [0.2, 0.25) is 0 Å². The van der Waals surface area contributed by atoms with Gasteiger partial charge in [0.05, 0.1) is 13.2 Å². The summed E-state index contributed by atoms with van der Waals surface area (Å²) in [6.45, 7) is 2.60. The van der Waals surface area contributed by atoms with Crippen molar-refractivity contribution in [2.24, 2.45) is 5.73 Å². The number of carboxylic acid groups (broad SMARTS) is 1. The van der Waals surface area contributed by atoms with Crippen LogP contribution < -0.4 is 5.73 Å². The average Bonchev–Trinajstić information content (AvgIpc) is 3.27. The Morgan fingerprint density at radius 2 is 0.906 bits per heavy atom. The zero-order chi connectivity index (χ0) is 47.0. The van der Waals surface area contributed by atoms with E-state index in [1.54, 1.807) is 0 Å². The van der Waals surface area contributed by atoms with Gasteiger partial charge in [0.25, 0.3) is 0 Å². The Labute approximate surface area is 387 Å². The molecule has 0 aliphatic rings. The molecule has 0 fully saturated rings. The molecule has 3 unspecified atom stereocenters. The normalized spacial score (nSPS) is 14.4. The number of carbonyl (C=O) groups is 3. The number of hydrogen-bond donors (Lipinski definition) is 3. The van der Waals surface area contributed by atoms with Gasteiger partial charge >= 0.3 is 25.7 Å². The van der Waals surface area contributed by atoms with Crippen molar-refractivity contribution in [3.63, 3.8) is 0 Å². The van der Waals surface area contributed by atoms with Crippen molar-refractivity contribution in [3.8, 4) is 0 Å². The number of phosphoric ester groups is 1. The lowest BCUT2D eigenvalue weighted by molar-refractivity contribution is -0.161. The molecule has 0 aromatic rings. The monoisotopic (exact) mass is 916 g/mol. The predicted octanol–water partition coefficient (Wildman–Crippen LogP) is 13.6. The van der Waals surface area contributed by atoms with Gasteiger partial charge in [-0.15, -0.1) is 0 Å². The Morgan fingerprint density at radius 1 is 0.500 bits per heavy atom. The van der Waals surface area contributed by atoms with Gasteiger partial charge in [-0.05, 0) is 83.5 Å². The van der Waals surface area contributed by atoms with Gasteiger partial charge in [-0.25, -0.2) is 4.57 Å². The Balaban J connectivity index is 4.42. The summed E-state index contributed by atoms with van der Waals surface area (Å²) < 4.78 is 32.7. The Hall–Kier alpha value is -3.60. The number of carbonyl (C=O) groups excluding carboxylic acids is 2. The summed E-state index contributed by atoms with van der Waals surface area (Å²) in [6.07, 6.45) is 59.1. The van der Waals surface area contributed by atoms with Gasteiger partial charge < -0.3 is 25.2 Å². The molecule has 3 atom stereocenters. The topological polar surface area (TPSA) is 172 Å². The van der Waals surface area contributed by atoms with Crippen molar-refractivity contribution in [1.29, 1.82) is 0 Å². The Morgan fingerprint density at radius 3 is 1.38 bits per heavy atom. The van der Waals surface area contributed by atoms with Crippen molar-refractivity contribution >= 4 is 25.7 Å². The Kier molecular flexibility index (Phi) is 43.4. The number of unbranched alkanes of at least 4 members (excludes halogenated alkanes) is 14. The molecule has 0 aromatic heterocycles. The number of rotatable bonds is 44. The van der Waals surface area contributed by atoms with Gasteiger partial charge in [-0.1, -0.05) is 182 Å². The van der Waals surface area contributed by atoms with Crippen LogP contribution in [0.1, 0.15) is 181 Å². The second kappa shape index (κ2) is 45.9. The van der Waals surface area contributed by atoms with Crippen LogP contribution in [-0.4, -0.2) is 59.9 Å². The molecular weight excluding hydrogens is 830 g/mol. The maximum atomic E-state index is 12.6. The summed E-state index contributed by atoms with van der Waals surface area (Å²) in [7, 11) is -4.75. The van der Waals surface area contributed by atoms with E-state index in [2.05, 4.69) is 97.4 Å². The molecule has 0 saturated heterocycles. The first-order chi connectivity index (χ1) is 31.1. The molecule has 0 bridgehead atoms. The minimum Gasteiger partial charge on any atom is -0.480 e. The highest BCUT2D eigenvalue weighted by atomic mass is 31.2. The molecule has 0 aromatic carbocycles. The SMILES string of the molecule is CC/C=C\C/C=C\C/C=C\C/C=C\C/C=C\C/C=C\CCC(=O)OC(COC(=O)CCCCCCCCCCC/C=C\C/C=C\CCCCCCC)COP(=O)(O)OCC(N)C(=O)O. The van der Waals surface area contributed by atoms with E-state index in [0.717, 1.165) is 64.2 Å². The third-order valence-electron chi connectivity index (χ3n) is 9.83. The quantitative estimate of drug-likeness (QED) is 0.0230. The minimum absolute atomic E-state index is 0.0299. The predicted molar refractivity (Wildman–Crippen MR) is 263 cm³/mol. The number of nitrogens with two attached hydrogens (primary N) is 1. The van der Waals surface area contributed by atoms with E-state index in [-0.39, 0.29) is 19.4 Å². The fourth-order valence-electron chi connectivity index (χ4n) is 6.06. The van der Waals surface area contributed by atoms with Crippen molar-refractivity contribution in [2.45, 2.75) is 193 Å². The van der Waals surface area contributed by atoms with Crippen LogP contribution in [-0.2, 0) is 37.5 Å². The van der Waals surface area contributed by atoms with Gasteiger partial charge in [0.1, 0.15) is 12.6 Å². The average molecular weight is 916 g/mol. The first-order valence-corrected chi connectivity index (χ1v) is 25.8. The maximum Gasteiger partial charge on any atom is 0.472 e. The molecule has 0 rings (SSSR count). The van der Waals surface area contributed by atoms with Crippen LogP contribution in [0, 0.1) is 0 Å². The smallest absolute Gasteiger partial charge is 0.472 e. The lowest BCUT2D eigenvalue weighted by Crippen LogP contribution is -2.34. The lowest BCUT2D eigenvalue weighted by atomic mass is 10.1. The first-order valence-electron chi connectivity index (χ1n) is 24.3. The van der Waals surface area contributed by atoms with Gasteiger partial charge in [0.2, 0.25) is 0 Å². The summed E-state index contributed by atoms with van der Waals surface area (Å²) in [5.41, 5.74) is 5.34. The molecule has 64 heavy (non-hydrogen) atoms. The maximum absolute atomic E-state index is 12.6. The molecule has 0 saturated carbocycles. The van der Waals surface area contributed by atoms with Gasteiger partial charge in [-0.2, -0.15) is 0 Å². The van der Waals surface area contributed by atoms with E-state index in [4.69, 9.17) is 24.8 Å². The number of carboxylic acids is 1. The number of esters is 2. The number of ether oxygens (including phenoxy) is 2. The number of allylic oxidation sites excluding steroid dienone is 16. The second-order valence-electron chi connectivity index (χ2n) is 15.9. The molecule has 12 heteroatoms. The standard InChI is InChI=1S/C52H86NO10P/c1-3-5-7-9-11-13-15-17-19-21-23-24-26-27-29-31-33-35-37-39-41-43-50(54)60-45-48(46-61-64(58,59)62-47-49(53)52(56)57)63-51(55)44-42-40-38-36-34-32-30-28-25-22-20-18-16-14-12-10-8-6-4-2/h6,8,12,14-15,17-18,20-21,23,25,28,32,34,38,40,48-49H,3-5,7,9-11,13,16,19,22,24,26-27,29-31,33,35-37,39,41-47,53H2,1-2H3,(H,56,57)(H,58,59)/b8-6-,14-12-,17-15-,20-18-,23-21-,28-25-,34-32-,40-38-. The molecule has 0 aliphatic heterocycles. The van der Waals surface area contributed by atoms with Gasteiger partial charge in [0, 0.05) is 12.8 Å². The third kappa shape index (κ3) is 45.0. The molecular formula is C52H86NO10P. The van der Waals surface area contributed by atoms with Crippen molar-refractivity contribution < 1.29 is 47.5 Å². The minimum atomic E-state index is -4.75. The number of phosphoric acid groups is 1. The number of aliphatic carboxylic acids is 1. The summed E-state index contributed by atoms with van der Waals surface area (Å²) in [5, 5.41) is 8.91. The zero-order valence-corrected chi connectivity index (χ0v) is 40.5. The highest BCUT2D eigenvalue weighted by Gasteiger charge is 2.28. The van der Waals surface area contributed by atoms with E-state index < -0.39 is 51.1 Å². The van der Waals surface area contributed by atoms with E-state index in [0.29, 0.717) is 19.3 Å². The van der Waals surface area contributed by atoms with Gasteiger partial charge in [0.15, 0.2) is 6.10 Å². The van der Waals surface area contributed by atoms with Crippen molar-refractivity contribution in [3.05, 3.63) is 97.2 Å². The van der Waals surface area contributed by atoms with Crippen molar-refractivity contribution in [2.75, 3.05) is 19.8 Å². The van der Waals surface area contributed by atoms with Gasteiger partial charge in [-0.3, -0.25) is 23.4 Å². The fraction of sp³-hybridized carbons (Fsp3) is 0.635. The molecule has 11 nitrogen and oxygen atoms in total. The largest absolute Gasteiger partial charge is 0.480 e. The molecule has 4 N–H and O–H groups in total. The van der Waals surface area contributed by atoms with Crippen LogP contribution in [0.4, 0.5) is 0 Å². The van der Waals surface area contributed by atoms with Crippen LogP contribution >= 0.6 is 7.82 Å². The summed E-state index contributed by atoms with van der Waals surface area (Å²) in [6, 6.07) is -1.54.